The lowest BCUT2D eigenvalue weighted by molar-refractivity contribution is -0.220. The first-order valence-electron chi connectivity index (χ1n) is 29.5. The van der Waals surface area contributed by atoms with Crippen LogP contribution in [0.1, 0.15) is 284 Å². The van der Waals surface area contributed by atoms with E-state index in [2.05, 4.69) is 26.0 Å². The number of carbonyl (C=O) groups excluding carboxylic acids is 2. The normalized spacial score (nSPS) is 20.6. The van der Waals surface area contributed by atoms with Gasteiger partial charge < -0.3 is 39.9 Å². The Morgan fingerprint density at radius 2 is 0.718 bits per heavy atom. The SMILES string of the molecule is CCCCCCCC/C=C/CCCCCCCCCCCC(=O)OC[C@H](COP(=O)(O)OC1C(O)C(O)C(O)[C@@H](O)C1O)OC(=O)CCCCCCCCCCCCCCCCCCCCCCCCC. The maximum Gasteiger partial charge on any atom is 0.472 e. The van der Waals surface area contributed by atoms with Gasteiger partial charge in [0.25, 0.3) is 0 Å². The summed E-state index contributed by atoms with van der Waals surface area (Å²) < 4.78 is 33.8. The van der Waals surface area contributed by atoms with Gasteiger partial charge in [-0.25, -0.2) is 4.57 Å². The van der Waals surface area contributed by atoms with Gasteiger partial charge in [0.1, 0.15) is 43.2 Å². The number of phosphoric ester groups is 1. The minimum absolute atomic E-state index is 0.103. The maximum absolute atomic E-state index is 12.9. The first-order chi connectivity index (χ1) is 34.4. The standard InChI is InChI=1S/C57H109O13P/c1-3-5-7-9-11-13-15-17-19-21-23-24-25-26-28-30-32-34-36-38-40-42-44-46-51(59)69-49(48-68-71(65,66)70-57-55(63)53(61)52(60)54(62)56(57)64)47-67-50(58)45-43-41-39-37-35-33-31-29-27-22-20-18-16-14-12-10-8-6-4-2/h18,20,49,52-57,60-64H,3-17,19,21-48H2,1-2H3,(H,65,66)/b20-18+/t49-,52?,53-,54?,55?,56?,57?/m1/s1. The minimum Gasteiger partial charge on any atom is -0.462 e. The molecule has 1 aliphatic carbocycles. The van der Waals surface area contributed by atoms with Crippen LogP contribution in [0.25, 0.3) is 0 Å². The average Bonchev–Trinajstić information content (AvgIpc) is 3.35. The molecule has 6 unspecified atom stereocenters. The van der Waals surface area contributed by atoms with Crippen molar-refractivity contribution in [3.63, 3.8) is 0 Å². The molecule has 1 rings (SSSR count). The van der Waals surface area contributed by atoms with E-state index in [1.54, 1.807) is 0 Å². The lowest BCUT2D eigenvalue weighted by atomic mass is 9.85. The van der Waals surface area contributed by atoms with Crippen molar-refractivity contribution in [2.24, 2.45) is 0 Å². The summed E-state index contributed by atoms with van der Waals surface area (Å²) in [5, 5.41) is 50.4. The fourth-order valence-corrected chi connectivity index (χ4v) is 10.4. The fourth-order valence-electron chi connectivity index (χ4n) is 9.40. The van der Waals surface area contributed by atoms with Gasteiger partial charge in [-0.3, -0.25) is 18.6 Å². The summed E-state index contributed by atoms with van der Waals surface area (Å²) in [7, 11) is -5.12. The Bertz CT molecular complexity index is 1290. The highest BCUT2D eigenvalue weighted by molar-refractivity contribution is 7.47. The largest absolute Gasteiger partial charge is 0.472 e. The third kappa shape index (κ3) is 38.8. The molecule has 0 aliphatic heterocycles. The zero-order valence-electron chi connectivity index (χ0n) is 45.3. The molecule has 14 heteroatoms. The molecule has 71 heavy (non-hydrogen) atoms. The van der Waals surface area contributed by atoms with Crippen LogP contribution in [0.5, 0.6) is 0 Å². The number of hydrogen-bond acceptors (Lipinski definition) is 12. The van der Waals surface area contributed by atoms with Gasteiger partial charge in [-0.2, -0.15) is 0 Å². The van der Waals surface area contributed by atoms with Crippen LogP contribution >= 0.6 is 7.82 Å². The number of aliphatic hydroxyl groups is 5. The Hall–Kier alpha value is -1.41. The highest BCUT2D eigenvalue weighted by Gasteiger charge is 2.51. The molecule has 0 bridgehead atoms. The first kappa shape index (κ1) is 67.6. The number of rotatable bonds is 51. The van der Waals surface area contributed by atoms with E-state index in [-0.39, 0.29) is 12.8 Å². The zero-order valence-corrected chi connectivity index (χ0v) is 46.2. The molecule has 0 saturated heterocycles. The summed E-state index contributed by atoms with van der Waals surface area (Å²) >= 11 is 0. The van der Waals surface area contributed by atoms with Crippen LogP contribution in [0.4, 0.5) is 0 Å². The van der Waals surface area contributed by atoms with Gasteiger partial charge in [-0.05, 0) is 38.5 Å². The van der Waals surface area contributed by atoms with Gasteiger partial charge in [0, 0.05) is 12.8 Å². The molecule has 0 spiro atoms. The molecule has 0 heterocycles. The van der Waals surface area contributed by atoms with E-state index < -0.39 is 75.7 Å². The molecular formula is C57H109O13P. The van der Waals surface area contributed by atoms with Gasteiger partial charge in [-0.1, -0.05) is 244 Å². The van der Waals surface area contributed by atoms with Crippen LogP contribution in [-0.4, -0.2) is 98.3 Å². The number of hydrogen-bond donors (Lipinski definition) is 6. The number of unbranched alkanes of at least 4 members (excludes halogenated alkanes) is 37. The Kier molecular flexibility index (Phi) is 44.8. The van der Waals surface area contributed by atoms with E-state index >= 15 is 0 Å². The zero-order chi connectivity index (χ0) is 52.1. The molecule has 6 N–H and O–H groups in total. The smallest absolute Gasteiger partial charge is 0.462 e. The minimum atomic E-state index is -5.12. The summed E-state index contributed by atoms with van der Waals surface area (Å²) in [4.78, 5) is 36.0. The second kappa shape index (κ2) is 47.1. The van der Waals surface area contributed by atoms with Crippen molar-refractivity contribution in [3.8, 4) is 0 Å². The molecule has 1 saturated carbocycles. The van der Waals surface area contributed by atoms with E-state index in [9.17, 15) is 44.6 Å². The molecule has 1 fully saturated rings. The number of allylic oxidation sites excluding steroid dienone is 2. The van der Waals surface area contributed by atoms with Crippen molar-refractivity contribution >= 4 is 19.8 Å². The Morgan fingerprint density at radius 3 is 1.07 bits per heavy atom. The first-order valence-corrected chi connectivity index (χ1v) is 31.0. The number of esters is 2. The summed E-state index contributed by atoms with van der Waals surface area (Å²) in [5.74, 6) is -1.08. The van der Waals surface area contributed by atoms with Gasteiger partial charge >= 0.3 is 19.8 Å². The molecule has 13 nitrogen and oxygen atoms in total. The molecule has 0 amide bonds. The van der Waals surface area contributed by atoms with Gasteiger partial charge in [0.05, 0.1) is 6.61 Å². The van der Waals surface area contributed by atoms with Crippen molar-refractivity contribution in [2.75, 3.05) is 13.2 Å². The number of aliphatic hydroxyl groups excluding tert-OH is 5. The second-order valence-electron chi connectivity index (χ2n) is 20.9. The van der Waals surface area contributed by atoms with E-state index in [0.717, 1.165) is 38.5 Å². The van der Waals surface area contributed by atoms with Crippen LogP contribution in [-0.2, 0) is 32.7 Å². The Morgan fingerprint density at radius 1 is 0.423 bits per heavy atom. The predicted octanol–water partition coefficient (Wildman–Crippen LogP) is 13.7. The molecular weight excluding hydrogens is 924 g/mol. The highest BCUT2D eigenvalue weighted by Crippen LogP contribution is 2.47. The van der Waals surface area contributed by atoms with E-state index in [0.29, 0.717) is 12.8 Å². The van der Waals surface area contributed by atoms with Gasteiger partial charge in [0.15, 0.2) is 6.10 Å². The fraction of sp³-hybridized carbons (Fsp3) is 0.930. The van der Waals surface area contributed by atoms with Crippen LogP contribution in [0.3, 0.4) is 0 Å². The van der Waals surface area contributed by atoms with Crippen LogP contribution in [0.15, 0.2) is 12.2 Å². The van der Waals surface area contributed by atoms with E-state index in [1.807, 2.05) is 0 Å². The van der Waals surface area contributed by atoms with Crippen molar-refractivity contribution in [3.05, 3.63) is 12.2 Å². The lowest BCUT2D eigenvalue weighted by Crippen LogP contribution is -2.64. The second-order valence-corrected chi connectivity index (χ2v) is 22.3. The monoisotopic (exact) mass is 1030 g/mol. The molecule has 0 radical (unpaired) electrons. The highest BCUT2D eigenvalue weighted by atomic mass is 31.2. The van der Waals surface area contributed by atoms with Crippen LogP contribution in [0.2, 0.25) is 0 Å². The Balaban J connectivity index is 2.31. The van der Waals surface area contributed by atoms with Crippen LogP contribution < -0.4 is 0 Å². The summed E-state index contributed by atoms with van der Waals surface area (Å²) in [5.41, 5.74) is 0. The summed E-state index contributed by atoms with van der Waals surface area (Å²) in [6.45, 7) is 3.36. The number of carbonyl (C=O) groups is 2. The van der Waals surface area contributed by atoms with Crippen molar-refractivity contribution in [2.45, 2.75) is 326 Å². The Labute approximate surface area is 433 Å². The maximum atomic E-state index is 12.9. The van der Waals surface area contributed by atoms with Crippen LogP contribution in [0, 0.1) is 0 Å². The third-order valence-electron chi connectivity index (χ3n) is 14.1. The van der Waals surface area contributed by atoms with Crippen molar-refractivity contribution < 1.29 is 63.1 Å². The van der Waals surface area contributed by atoms with Crippen molar-refractivity contribution in [1.29, 1.82) is 0 Å². The third-order valence-corrected chi connectivity index (χ3v) is 15.1. The molecule has 0 aromatic rings. The molecule has 1 aliphatic rings. The molecule has 8 atom stereocenters. The van der Waals surface area contributed by atoms with E-state index in [1.165, 1.54) is 205 Å². The number of ether oxygens (including phenoxy) is 2. The van der Waals surface area contributed by atoms with Gasteiger partial charge in [0.2, 0.25) is 0 Å². The summed E-state index contributed by atoms with van der Waals surface area (Å²) in [6, 6.07) is 0. The van der Waals surface area contributed by atoms with Gasteiger partial charge in [-0.15, -0.1) is 0 Å². The summed E-state index contributed by atoms with van der Waals surface area (Å²) in [6.07, 6.45) is 41.2. The quantitative estimate of drug-likeness (QED) is 0.0145. The predicted molar refractivity (Wildman–Crippen MR) is 286 cm³/mol. The molecule has 420 valence electrons. The molecule has 0 aromatic heterocycles. The molecule has 0 aromatic carbocycles. The topological polar surface area (TPSA) is 210 Å². The van der Waals surface area contributed by atoms with E-state index in [4.69, 9.17) is 18.5 Å². The lowest BCUT2D eigenvalue weighted by Gasteiger charge is -2.41. The van der Waals surface area contributed by atoms with Crippen molar-refractivity contribution in [1.82, 2.24) is 0 Å². The average molecular weight is 1030 g/mol. The number of phosphoric acid groups is 1.